The number of ether oxygens (including phenoxy) is 3. The quantitative estimate of drug-likeness (QED) is 0.0261. The molecule has 0 aromatic heterocycles. The number of unbranched alkanes of at least 4 members (excludes halogenated alkanes) is 32. The van der Waals surface area contributed by atoms with E-state index >= 15 is 0 Å². The van der Waals surface area contributed by atoms with Gasteiger partial charge in [-0.25, -0.2) is 0 Å². The second-order valence-electron chi connectivity index (χ2n) is 21.6. The van der Waals surface area contributed by atoms with Crippen molar-refractivity contribution in [3.05, 3.63) is 97.2 Å². The van der Waals surface area contributed by atoms with E-state index in [2.05, 4.69) is 118 Å². The average molecular weight is 1070 g/mol. The summed E-state index contributed by atoms with van der Waals surface area (Å²) in [5.74, 6) is -0.901. The Bertz CT molecular complexity index is 1510. The van der Waals surface area contributed by atoms with Gasteiger partial charge in [-0.1, -0.05) is 298 Å². The lowest BCUT2D eigenvalue weighted by molar-refractivity contribution is -0.167. The van der Waals surface area contributed by atoms with Gasteiger partial charge >= 0.3 is 17.9 Å². The van der Waals surface area contributed by atoms with E-state index in [0.717, 1.165) is 116 Å². The largest absolute Gasteiger partial charge is 0.462 e. The molecule has 0 aliphatic rings. The highest BCUT2D eigenvalue weighted by Crippen LogP contribution is 2.17. The van der Waals surface area contributed by atoms with Crippen molar-refractivity contribution in [2.24, 2.45) is 0 Å². The van der Waals surface area contributed by atoms with Gasteiger partial charge in [-0.2, -0.15) is 0 Å². The van der Waals surface area contributed by atoms with Gasteiger partial charge in [-0.3, -0.25) is 14.4 Å². The second kappa shape index (κ2) is 64.9. The molecule has 0 bridgehead atoms. The molecule has 0 fully saturated rings. The van der Waals surface area contributed by atoms with Crippen molar-refractivity contribution in [2.75, 3.05) is 13.2 Å². The van der Waals surface area contributed by atoms with Crippen molar-refractivity contribution in [3.8, 4) is 0 Å². The van der Waals surface area contributed by atoms with Gasteiger partial charge in [0.1, 0.15) is 13.2 Å². The first-order valence-electron chi connectivity index (χ1n) is 32.7. The highest BCUT2D eigenvalue weighted by molar-refractivity contribution is 5.71. The molecule has 1 atom stereocenters. The predicted molar refractivity (Wildman–Crippen MR) is 334 cm³/mol. The molecule has 0 aromatic carbocycles. The van der Waals surface area contributed by atoms with Crippen LogP contribution in [0.3, 0.4) is 0 Å². The van der Waals surface area contributed by atoms with E-state index < -0.39 is 6.10 Å². The number of rotatable bonds is 59. The Labute approximate surface area is 477 Å². The van der Waals surface area contributed by atoms with Crippen LogP contribution in [0.4, 0.5) is 0 Å². The molecule has 0 aliphatic carbocycles. The van der Waals surface area contributed by atoms with Crippen LogP contribution in [0.2, 0.25) is 0 Å². The molecule has 77 heavy (non-hydrogen) atoms. The molecular formula is C71H122O6. The van der Waals surface area contributed by atoms with Crippen LogP contribution >= 0.6 is 0 Å². The van der Waals surface area contributed by atoms with Crippen molar-refractivity contribution in [1.82, 2.24) is 0 Å². The van der Waals surface area contributed by atoms with Crippen LogP contribution < -0.4 is 0 Å². The maximum atomic E-state index is 12.9. The SMILES string of the molecule is CC/C=C\C/C=C\C/C=C\C/C=C\C/C=C\CCCCCCCCCCCCCCCCCC(=O)OCC(COC(=O)CCCCC/C=C\C/C=C\C/C=C\CC)OC(=O)CCCCCCCCCCCCCCCCC. The first-order chi connectivity index (χ1) is 38.0. The summed E-state index contributed by atoms with van der Waals surface area (Å²) in [6.45, 7) is 6.42. The van der Waals surface area contributed by atoms with E-state index in [1.54, 1.807) is 0 Å². The summed E-state index contributed by atoms with van der Waals surface area (Å²) in [5, 5.41) is 0. The molecule has 0 spiro atoms. The van der Waals surface area contributed by atoms with Crippen molar-refractivity contribution >= 4 is 17.9 Å². The zero-order valence-corrected chi connectivity index (χ0v) is 50.7. The van der Waals surface area contributed by atoms with Gasteiger partial charge in [0.15, 0.2) is 6.10 Å². The Morgan fingerprint density at radius 1 is 0.273 bits per heavy atom. The highest BCUT2D eigenvalue weighted by Gasteiger charge is 2.19. The molecule has 6 heteroatoms. The van der Waals surface area contributed by atoms with Crippen molar-refractivity contribution in [3.63, 3.8) is 0 Å². The minimum absolute atomic E-state index is 0.0832. The minimum Gasteiger partial charge on any atom is -0.462 e. The first-order valence-corrected chi connectivity index (χ1v) is 32.7. The number of hydrogen-bond acceptors (Lipinski definition) is 6. The summed E-state index contributed by atoms with van der Waals surface area (Å²) >= 11 is 0. The van der Waals surface area contributed by atoms with E-state index in [1.807, 2.05) is 0 Å². The third kappa shape index (κ3) is 63.0. The summed E-state index contributed by atoms with van der Waals surface area (Å²) in [5.41, 5.74) is 0. The Hall–Kier alpha value is -3.67. The monoisotopic (exact) mass is 1070 g/mol. The summed E-state index contributed by atoms with van der Waals surface area (Å²) in [6, 6.07) is 0. The van der Waals surface area contributed by atoms with Crippen molar-refractivity contribution < 1.29 is 28.6 Å². The number of carbonyl (C=O) groups excluding carboxylic acids is 3. The Balaban J connectivity index is 4.20. The Morgan fingerprint density at radius 3 is 0.805 bits per heavy atom. The molecule has 0 aliphatic heterocycles. The molecule has 0 amide bonds. The van der Waals surface area contributed by atoms with Crippen LogP contribution in [-0.4, -0.2) is 37.2 Å². The number of carbonyl (C=O) groups is 3. The van der Waals surface area contributed by atoms with E-state index in [1.165, 1.54) is 161 Å². The maximum absolute atomic E-state index is 12.9. The topological polar surface area (TPSA) is 78.9 Å². The Morgan fingerprint density at radius 2 is 0.506 bits per heavy atom. The third-order valence-corrected chi connectivity index (χ3v) is 14.1. The molecule has 1 unspecified atom stereocenters. The van der Waals surface area contributed by atoms with Crippen LogP contribution in [0.15, 0.2) is 97.2 Å². The second-order valence-corrected chi connectivity index (χ2v) is 21.6. The normalized spacial score (nSPS) is 12.7. The van der Waals surface area contributed by atoms with Gasteiger partial charge < -0.3 is 14.2 Å². The lowest BCUT2D eigenvalue weighted by Gasteiger charge is -2.18. The average Bonchev–Trinajstić information content (AvgIpc) is 3.43. The summed E-state index contributed by atoms with van der Waals surface area (Å²) in [4.78, 5) is 38.3. The van der Waals surface area contributed by atoms with Crippen LogP contribution in [0.25, 0.3) is 0 Å². The summed E-state index contributed by atoms with van der Waals surface area (Å²) < 4.78 is 16.9. The highest BCUT2D eigenvalue weighted by atomic mass is 16.6. The summed E-state index contributed by atoms with van der Waals surface area (Å²) in [6.07, 6.45) is 87.2. The molecule has 0 aromatic rings. The molecule has 0 N–H and O–H groups in total. The molecular weight excluding hydrogens is 949 g/mol. The molecule has 0 saturated heterocycles. The van der Waals surface area contributed by atoms with Gasteiger partial charge in [0.25, 0.3) is 0 Å². The molecule has 0 saturated carbocycles. The van der Waals surface area contributed by atoms with Crippen molar-refractivity contribution in [1.29, 1.82) is 0 Å². The van der Waals surface area contributed by atoms with Crippen LogP contribution in [0, 0.1) is 0 Å². The van der Waals surface area contributed by atoms with Crippen LogP contribution in [-0.2, 0) is 28.6 Å². The van der Waals surface area contributed by atoms with Gasteiger partial charge in [-0.15, -0.1) is 0 Å². The van der Waals surface area contributed by atoms with E-state index in [9.17, 15) is 14.4 Å². The number of hydrogen-bond donors (Lipinski definition) is 0. The molecule has 0 radical (unpaired) electrons. The van der Waals surface area contributed by atoms with Gasteiger partial charge in [0.05, 0.1) is 0 Å². The predicted octanol–water partition coefficient (Wildman–Crippen LogP) is 22.4. The molecule has 0 heterocycles. The fourth-order valence-electron chi connectivity index (χ4n) is 9.25. The summed E-state index contributed by atoms with van der Waals surface area (Å²) in [7, 11) is 0. The minimum atomic E-state index is -0.787. The van der Waals surface area contributed by atoms with Crippen LogP contribution in [0.1, 0.15) is 316 Å². The van der Waals surface area contributed by atoms with E-state index in [0.29, 0.717) is 19.3 Å². The fraction of sp³-hybridized carbons (Fsp3) is 0.732. The fourth-order valence-corrected chi connectivity index (χ4v) is 9.25. The Kier molecular flexibility index (Phi) is 61.8. The van der Waals surface area contributed by atoms with Gasteiger partial charge in [0.2, 0.25) is 0 Å². The standard InChI is InChI=1S/C71H122O6/c1-4-7-10-13-16-19-22-25-27-28-29-30-31-32-33-34-35-36-37-38-39-40-41-42-44-46-49-52-55-58-61-64-70(73)76-67-68(66-75-69(72)63-60-57-54-51-48-45-24-21-18-15-12-9-6-3)77-71(74)65-62-59-56-53-50-47-43-26-23-20-17-14-11-8-5-2/h7,9-10,12,16,18-19,21,25,27,29-30,32-33,45,48,68H,4-6,8,11,13-15,17,20,22-24,26,28,31,34-44,46-47,49-67H2,1-3H3/b10-7-,12-9-,19-16-,21-18-,27-25-,30-29-,33-32-,48-45-. The van der Waals surface area contributed by atoms with Gasteiger partial charge in [0, 0.05) is 19.3 Å². The maximum Gasteiger partial charge on any atom is 0.306 e. The smallest absolute Gasteiger partial charge is 0.306 e. The molecule has 442 valence electrons. The lowest BCUT2D eigenvalue weighted by Crippen LogP contribution is -2.30. The lowest BCUT2D eigenvalue weighted by atomic mass is 10.0. The van der Waals surface area contributed by atoms with Crippen LogP contribution in [0.5, 0.6) is 0 Å². The number of allylic oxidation sites excluding steroid dienone is 16. The molecule has 0 rings (SSSR count). The van der Waals surface area contributed by atoms with E-state index in [4.69, 9.17) is 14.2 Å². The third-order valence-electron chi connectivity index (χ3n) is 14.1. The van der Waals surface area contributed by atoms with E-state index in [-0.39, 0.29) is 31.1 Å². The van der Waals surface area contributed by atoms with Crippen molar-refractivity contribution in [2.45, 2.75) is 322 Å². The molecule has 6 nitrogen and oxygen atoms in total. The zero-order chi connectivity index (χ0) is 55.7. The number of esters is 3. The first kappa shape index (κ1) is 73.3. The zero-order valence-electron chi connectivity index (χ0n) is 50.7. The van der Waals surface area contributed by atoms with Gasteiger partial charge in [-0.05, 0) is 96.3 Å².